The molecule has 1 amide bonds. The van der Waals surface area contributed by atoms with Gasteiger partial charge in [0.25, 0.3) is 5.91 Å². The lowest BCUT2D eigenvalue weighted by atomic mass is 10.2. The van der Waals surface area contributed by atoms with E-state index < -0.39 is 0 Å². The fourth-order valence-electron chi connectivity index (χ4n) is 1.97. The molecule has 0 saturated carbocycles. The SMILES string of the molecule is Cc1cc(C(=O)NCCCOc2ccccc2F)c(C)o1. The van der Waals surface area contributed by atoms with Gasteiger partial charge in [0.15, 0.2) is 11.6 Å². The second-order valence-corrected chi connectivity index (χ2v) is 4.72. The van der Waals surface area contributed by atoms with E-state index in [1.165, 1.54) is 6.07 Å². The number of nitrogens with one attached hydrogen (secondary N) is 1. The summed E-state index contributed by atoms with van der Waals surface area (Å²) in [6, 6.07) is 7.95. The summed E-state index contributed by atoms with van der Waals surface area (Å²) in [4.78, 5) is 11.9. The summed E-state index contributed by atoms with van der Waals surface area (Å²) in [6.07, 6.45) is 0.593. The molecule has 1 heterocycles. The summed E-state index contributed by atoms with van der Waals surface area (Å²) < 4.78 is 23.9. The molecular formula is C16H18FNO3. The maximum absolute atomic E-state index is 13.3. The highest BCUT2D eigenvalue weighted by Gasteiger charge is 2.12. The van der Waals surface area contributed by atoms with Gasteiger partial charge < -0.3 is 14.5 Å². The Kier molecular flexibility index (Phi) is 4.98. The highest BCUT2D eigenvalue weighted by molar-refractivity contribution is 5.95. The van der Waals surface area contributed by atoms with Crippen molar-refractivity contribution in [2.75, 3.05) is 13.2 Å². The molecule has 4 nitrogen and oxygen atoms in total. The average molecular weight is 291 g/mol. The molecule has 0 aliphatic heterocycles. The first-order valence-corrected chi connectivity index (χ1v) is 6.80. The molecule has 2 aromatic rings. The molecule has 0 radical (unpaired) electrons. The Morgan fingerprint density at radius 2 is 2.10 bits per heavy atom. The van der Waals surface area contributed by atoms with Gasteiger partial charge in [0.2, 0.25) is 0 Å². The largest absolute Gasteiger partial charge is 0.490 e. The van der Waals surface area contributed by atoms with Gasteiger partial charge in [0.1, 0.15) is 11.5 Å². The maximum atomic E-state index is 13.3. The summed E-state index contributed by atoms with van der Waals surface area (Å²) in [5, 5.41) is 2.78. The van der Waals surface area contributed by atoms with Crippen LogP contribution in [0.15, 0.2) is 34.7 Å². The van der Waals surface area contributed by atoms with Crippen molar-refractivity contribution in [1.29, 1.82) is 0 Å². The lowest BCUT2D eigenvalue weighted by Crippen LogP contribution is -2.25. The lowest BCUT2D eigenvalue weighted by molar-refractivity contribution is 0.0950. The zero-order chi connectivity index (χ0) is 15.2. The molecule has 0 spiro atoms. The first-order chi connectivity index (χ1) is 10.1. The van der Waals surface area contributed by atoms with Crippen molar-refractivity contribution < 1.29 is 18.3 Å². The van der Waals surface area contributed by atoms with Crippen molar-refractivity contribution in [3.8, 4) is 5.75 Å². The van der Waals surface area contributed by atoms with Gasteiger partial charge in [-0.15, -0.1) is 0 Å². The highest BCUT2D eigenvalue weighted by Crippen LogP contribution is 2.15. The number of halogens is 1. The Morgan fingerprint density at radius 1 is 1.33 bits per heavy atom. The minimum atomic E-state index is -0.383. The van der Waals surface area contributed by atoms with E-state index in [0.29, 0.717) is 36.7 Å². The monoisotopic (exact) mass is 291 g/mol. The van der Waals surface area contributed by atoms with Crippen LogP contribution in [0.3, 0.4) is 0 Å². The van der Waals surface area contributed by atoms with Crippen LogP contribution in [0.1, 0.15) is 28.3 Å². The number of rotatable bonds is 6. The van der Waals surface area contributed by atoms with Gasteiger partial charge >= 0.3 is 0 Å². The molecule has 0 fully saturated rings. The van der Waals surface area contributed by atoms with E-state index >= 15 is 0 Å². The number of carbonyl (C=O) groups excluding carboxylic acids is 1. The van der Waals surface area contributed by atoms with Gasteiger partial charge in [0.05, 0.1) is 12.2 Å². The molecule has 0 aliphatic carbocycles. The molecule has 1 aromatic carbocycles. The lowest BCUT2D eigenvalue weighted by Gasteiger charge is -2.07. The van der Waals surface area contributed by atoms with E-state index in [1.54, 1.807) is 38.1 Å². The minimum Gasteiger partial charge on any atom is -0.490 e. The predicted molar refractivity (Wildman–Crippen MR) is 77.0 cm³/mol. The van der Waals surface area contributed by atoms with Crippen LogP contribution >= 0.6 is 0 Å². The third-order valence-corrected chi connectivity index (χ3v) is 2.99. The molecular weight excluding hydrogens is 273 g/mol. The average Bonchev–Trinajstić information content (AvgIpc) is 2.79. The van der Waals surface area contributed by atoms with Gasteiger partial charge in [-0.1, -0.05) is 12.1 Å². The topological polar surface area (TPSA) is 51.5 Å². The molecule has 0 unspecified atom stereocenters. The van der Waals surface area contributed by atoms with Gasteiger partial charge in [0, 0.05) is 6.54 Å². The first-order valence-electron chi connectivity index (χ1n) is 6.80. The van der Waals surface area contributed by atoms with Crippen LogP contribution in [0.5, 0.6) is 5.75 Å². The summed E-state index contributed by atoms with van der Waals surface area (Å²) in [6.45, 7) is 4.34. The Morgan fingerprint density at radius 3 is 2.76 bits per heavy atom. The number of furan rings is 1. The number of ether oxygens (including phenoxy) is 1. The van der Waals surface area contributed by atoms with Crippen LogP contribution < -0.4 is 10.1 Å². The van der Waals surface area contributed by atoms with Gasteiger partial charge in [-0.05, 0) is 38.5 Å². The summed E-state index contributed by atoms with van der Waals surface area (Å²) >= 11 is 0. The molecule has 1 N–H and O–H groups in total. The summed E-state index contributed by atoms with van der Waals surface area (Å²) in [7, 11) is 0. The third-order valence-electron chi connectivity index (χ3n) is 2.99. The summed E-state index contributed by atoms with van der Waals surface area (Å²) in [5.41, 5.74) is 0.544. The number of aryl methyl sites for hydroxylation is 2. The predicted octanol–water partition coefficient (Wildman–Crippen LogP) is 3.23. The molecule has 0 aliphatic rings. The van der Waals surface area contributed by atoms with Crippen LogP contribution in [0.25, 0.3) is 0 Å². The van der Waals surface area contributed by atoms with E-state index in [4.69, 9.17) is 9.15 Å². The van der Waals surface area contributed by atoms with Crippen LogP contribution in [-0.4, -0.2) is 19.1 Å². The number of para-hydroxylation sites is 1. The molecule has 2 rings (SSSR count). The van der Waals surface area contributed by atoms with Gasteiger partial charge in [-0.2, -0.15) is 0 Å². The molecule has 112 valence electrons. The van der Waals surface area contributed by atoms with Crippen LogP contribution in [0.4, 0.5) is 4.39 Å². The van der Waals surface area contributed by atoms with E-state index in [0.717, 1.165) is 0 Å². The molecule has 1 aromatic heterocycles. The second-order valence-electron chi connectivity index (χ2n) is 4.72. The van der Waals surface area contributed by atoms with Crippen molar-refractivity contribution >= 4 is 5.91 Å². The molecule has 5 heteroatoms. The van der Waals surface area contributed by atoms with Crippen LogP contribution in [0, 0.1) is 19.7 Å². The number of carbonyl (C=O) groups is 1. The van der Waals surface area contributed by atoms with Crippen molar-refractivity contribution in [2.45, 2.75) is 20.3 Å². The van der Waals surface area contributed by atoms with Crippen molar-refractivity contribution in [2.24, 2.45) is 0 Å². The first kappa shape index (κ1) is 15.1. The number of benzene rings is 1. The van der Waals surface area contributed by atoms with Crippen molar-refractivity contribution in [3.05, 3.63) is 53.2 Å². The van der Waals surface area contributed by atoms with Gasteiger partial charge in [-0.25, -0.2) is 4.39 Å². The van der Waals surface area contributed by atoms with E-state index in [1.807, 2.05) is 0 Å². The Bertz CT molecular complexity index is 622. The maximum Gasteiger partial charge on any atom is 0.254 e. The van der Waals surface area contributed by atoms with E-state index in [9.17, 15) is 9.18 Å². The second kappa shape index (κ2) is 6.92. The highest BCUT2D eigenvalue weighted by atomic mass is 19.1. The minimum absolute atomic E-state index is 0.171. The zero-order valence-electron chi connectivity index (χ0n) is 12.1. The van der Waals surface area contributed by atoms with Gasteiger partial charge in [-0.3, -0.25) is 4.79 Å². The van der Waals surface area contributed by atoms with Crippen LogP contribution in [0.2, 0.25) is 0 Å². The fourth-order valence-corrected chi connectivity index (χ4v) is 1.97. The number of hydrogen-bond acceptors (Lipinski definition) is 3. The zero-order valence-corrected chi connectivity index (χ0v) is 12.1. The van der Waals surface area contributed by atoms with Crippen molar-refractivity contribution in [3.63, 3.8) is 0 Å². The standard InChI is InChI=1S/C16H18FNO3/c1-11-10-13(12(2)21-11)16(19)18-8-5-9-20-15-7-4-3-6-14(15)17/h3-4,6-7,10H,5,8-9H2,1-2H3,(H,18,19). The summed E-state index contributed by atoms with van der Waals surface area (Å²) in [5.74, 6) is 0.986. The van der Waals surface area contributed by atoms with Crippen LogP contribution in [-0.2, 0) is 0 Å². The Labute approximate surface area is 122 Å². The normalized spacial score (nSPS) is 10.4. The number of amides is 1. The quantitative estimate of drug-likeness (QED) is 0.831. The number of hydrogen-bond donors (Lipinski definition) is 1. The Balaban J connectivity index is 1.72. The van der Waals surface area contributed by atoms with Crippen molar-refractivity contribution in [1.82, 2.24) is 5.32 Å². The molecule has 0 saturated heterocycles. The van der Waals surface area contributed by atoms with E-state index in [-0.39, 0.29) is 17.5 Å². The molecule has 0 bridgehead atoms. The molecule has 0 atom stereocenters. The smallest absolute Gasteiger partial charge is 0.254 e. The Hall–Kier alpha value is -2.30. The molecule has 21 heavy (non-hydrogen) atoms. The third kappa shape index (κ3) is 4.08. The van der Waals surface area contributed by atoms with E-state index in [2.05, 4.69) is 5.32 Å². The fraction of sp³-hybridized carbons (Fsp3) is 0.312.